The van der Waals surface area contributed by atoms with Crippen LogP contribution in [-0.4, -0.2) is 15.1 Å². The Morgan fingerprint density at radius 3 is 3.00 bits per heavy atom. The standard InChI is InChI=1S/C8H10N4OS/c1-5(7-9-3-4-14-7)10-8-11-6(2)12-13-8/h3-5H,1-2H3,(H,10,11,12). The summed E-state index contributed by atoms with van der Waals surface area (Å²) in [5, 5.41) is 9.70. The Morgan fingerprint density at radius 1 is 1.57 bits per heavy atom. The van der Waals surface area contributed by atoms with Crippen molar-refractivity contribution in [1.82, 2.24) is 15.1 Å². The second-order valence-electron chi connectivity index (χ2n) is 2.88. The van der Waals surface area contributed by atoms with Crippen molar-refractivity contribution in [2.75, 3.05) is 5.32 Å². The van der Waals surface area contributed by atoms with Gasteiger partial charge in [0.05, 0.1) is 6.04 Å². The highest BCUT2D eigenvalue weighted by Gasteiger charge is 2.10. The summed E-state index contributed by atoms with van der Waals surface area (Å²) in [5.74, 6) is 0.624. The lowest BCUT2D eigenvalue weighted by Crippen LogP contribution is -2.06. The van der Waals surface area contributed by atoms with Crippen LogP contribution in [0.1, 0.15) is 23.8 Å². The van der Waals surface area contributed by atoms with Gasteiger partial charge in [-0.25, -0.2) is 4.98 Å². The quantitative estimate of drug-likeness (QED) is 0.839. The lowest BCUT2D eigenvalue weighted by atomic mass is 10.4. The molecule has 74 valence electrons. The van der Waals surface area contributed by atoms with Crippen LogP contribution in [0.2, 0.25) is 0 Å². The van der Waals surface area contributed by atoms with E-state index in [-0.39, 0.29) is 6.04 Å². The average molecular weight is 210 g/mol. The number of nitrogens with one attached hydrogen (secondary N) is 1. The summed E-state index contributed by atoms with van der Waals surface area (Å²) in [4.78, 5) is 8.23. The molecule has 0 aromatic carbocycles. The molecule has 1 N–H and O–H groups in total. The molecular weight excluding hydrogens is 200 g/mol. The Morgan fingerprint density at radius 2 is 2.43 bits per heavy atom. The van der Waals surface area contributed by atoms with Crippen molar-refractivity contribution in [3.63, 3.8) is 0 Å². The molecule has 14 heavy (non-hydrogen) atoms. The predicted molar refractivity (Wildman–Crippen MR) is 53.2 cm³/mol. The van der Waals surface area contributed by atoms with Gasteiger partial charge in [0.2, 0.25) is 0 Å². The molecule has 2 heterocycles. The van der Waals surface area contributed by atoms with Crippen molar-refractivity contribution >= 4 is 17.4 Å². The maximum absolute atomic E-state index is 4.94. The van der Waals surface area contributed by atoms with Gasteiger partial charge in [-0.1, -0.05) is 5.16 Å². The molecule has 0 fully saturated rings. The molecule has 0 amide bonds. The minimum absolute atomic E-state index is 0.0925. The Hall–Kier alpha value is -1.43. The third-order valence-corrected chi connectivity index (χ3v) is 2.65. The number of aryl methyl sites for hydroxylation is 1. The van der Waals surface area contributed by atoms with Crippen LogP contribution in [0.4, 0.5) is 6.01 Å². The van der Waals surface area contributed by atoms with Gasteiger partial charge in [0.15, 0.2) is 5.82 Å². The second kappa shape index (κ2) is 3.75. The van der Waals surface area contributed by atoms with E-state index in [4.69, 9.17) is 4.52 Å². The number of anilines is 1. The van der Waals surface area contributed by atoms with Gasteiger partial charge < -0.3 is 9.84 Å². The number of hydrogen-bond donors (Lipinski definition) is 1. The smallest absolute Gasteiger partial charge is 0.322 e. The van der Waals surface area contributed by atoms with E-state index >= 15 is 0 Å². The van der Waals surface area contributed by atoms with Crippen LogP contribution in [0.3, 0.4) is 0 Å². The zero-order valence-corrected chi connectivity index (χ0v) is 8.71. The molecule has 2 aromatic heterocycles. The molecule has 1 unspecified atom stereocenters. The largest absolute Gasteiger partial charge is 0.329 e. The fraction of sp³-hybridized carbons (Fsp3) is 0.375. The molecule has 0 spiro atoms. The molecule has 0 aliphatic rings. The summed E-state index contributed by atoms with van der Waals surface area (Å²) >= 11 is 1.59. The Balaban J connectivity index is 2.05. The van der Waals surface area contributed by atoms with Gasteiger partial charge in [-0.15, -0.1) is 11.3 Å². The minimum Gasteiger partial charge on any atom is -0.329 e. The maximum atomic E-state index is 4.94. The first-order chi connectivity index (χ1) is 6.75. The molecule has 0 bridgehead atoms. The zero-order valence-electron chi connectivity index (χ0n) is 7.89. The molecule has 6 heteroatoms. The topological polar surface area (TPSA) is 63.8 Å². The third kappa shape index (κ3) is 1.90. The van der Waals surface area contributed by atoms with Gasteiger partial charge in [-0.2, -0.15) is 4.98 Å². The van der Waals surface area contributed by atoms with E-state index < -0.39 is 0 Å². The summed E-state index contributed by atoms with van der Waals surface area (Å²) in [6.07, 6.45) is 1.78. The first-order valence-corrected chi connectivity index (χ1v) is 5.10. The Kier molecular flexibility index (Phi) is 2.45. The number of rotatable bonds is 3. The van der Waals surface area contributed by atoms with E-state index in [0.717, 1.165) is 5.01 Å². The van der Waals surface area contributed by atoms with Crippen LogP contribution in [0.15, 0.2) is 16.1 Å². The molecule has 0 saturated heterocycles. The van der Waals surface area contributed by atoms with Crippen LogP contribution in [0.25, 0.3) is 0 Å². The van der Waals surface area contributed by atoms with Crippen molar-refractivity contribution in [3.05, 3.63) is 22.4 Å². The summed E-state index contributed by atoms with van der Waals surface area (Å²) in [6.45, 7) is 3.78. The molecule has 0 aliphatic heterocycles. The van der Waals surface area contributed by atoms with Crippen molar-refractivity contribution in [3.8, 4) is 0 Å². The van der Waals surface area contributed by atoms with E-state index in [0.29, 0.717) is 11.8 Å². The Labute approximate surface area is 85.2 Å². The van der Waals surface area contributed by atoms with E-state index in [1.807, 2.05) is 12.3 Å². The molecule has 0 saturated carbocycles. The van der Waals surface area contributed by atoms with Crippen LogP contribution in [0, 0.1) is 6.92 Å². The van der Waals surface area contributed by atoms with Crippen molar-refractivity contribution in [2.24, 2.45) is 0 Å². The van der Waals surface area contributed by atoms with E-state index in [9.17, 15) is 0 Å². The minimum atomic E-state index is 0.0925. The van der Waals surface area contributed by atoms with Crippen LogP contribution < -0.4 is 5.32 Å². The highest BCUT2D eigenvalue weighted by molar-refractivity contribution is 7.09. The van der Waals surface area contributed by atoms with Crippen LogP contribution in [-0.2, 0) is 0 Å². The molecular formula is C8H10N4OS. The summed E-state index contributed by atoms with van der Waals surface area (Å²) < 4.78 is 4.94. The Bertz CT molecular complexity index is 397. The van der Waals surface area contributed by atoms with Gasteiger partial charge in [0.1, 0.15) is 5.01 Å². The van der Waals surface area contributed by atoms with Crippen molar-refractivity contribution < 1.29 is 4.52 Å². The van der Waals surface area contributed by atoms with E-state index in [1.54, 1.807) is 24.5 Å². The van der Waals surface area contributed by atoms with Crippen molar-refractivity contribution in [2.45, 2.75) is 19.9 Å². The highest BCUT2D eigenvalue weighted by Crippen LogP contribution is 2.19. The second-order valence-corrected chi connectivity index (χ2v) is 3.81. The molecule has 0 aliphatic carbocycles. The van der Waals surface area contributed by atoms with E-state index in [2.05, 4.69) is 20.4 Å². The van der Waals surface area contributed by atoms with E-state index in [1.165, 1.54) is 0 Å². The average Bonchev–Trinajstić information content (AvgIpc) is 2.75. The monoisotopic (exact) mass is 210 g/mol. The zero-order chi connectivity index (χ0) is 9.97. The third-order valence-electron chi connectivity index (χ3n) is 1.69. The maximum Gasteiger partial charge on any atom is 0.322 e. The molecule has 2 rings (SSSR count). The lowest BCUT2D eigenvalue weighted by Gasteiger charge is -2.06. The lowest BCUT2D eigenvalue weighted by molar-refractivity contribution is 0.422. The van der Waals surface area contributed by atoms with Gasteiger partial charge in [0.25, 0.3) is 0 Å². The molecule has 2 aromatic rings. The summed E-state index contributed by atoms with van der Waals surface area (Å²) in [7, 11) is 0. The van der Waals surface area contributed by atoms with Gasteiger partial charge in [-0.3, -0.25) is 0 Å². The first-order valence-electron chi connectivity index (χ1n) is 4.22. The number of nitrogens with zero attached hydrogens (tertiary/aromatic N) is 3. The fourth-order valence-corrected chi connectivity index (χ4v) is 1.70. The number of aromatic nitrogens is 3. The summed E-state index contributed by atoms with van der Waals surface area (Å²) in [5.41, 5.74) is 0. The normalized spacial score (nSPS) is 12.7. The number of hydrogen-bond acceptors (Lipinski definition) is 6. The predicted octanol–water partition coefficient (Wildman–Crippen LogP) is 2.01. The fourth-order valence-electron chi connectivity index (χ4n) is 1.05. The molecule has 1 atom stereocenters. The van der Waals surface area contributed by atoms with Gasteiger partial charge >= 0.3 is 6.01 Å². The number of thiazole rings is 1. The van der Waals surface area contributed by atoms with Gasteiger partial charge in [-0.05, 0) is 13.8 Å². The van der Waals surface area contributed by atoms with Crippen LogP contribution in [0.5, 0.6) is 0 Å². The van der Waals surface area contributed by atoms with Crippen LogP contribution >= 0.6 is 11.3 Å². The molecule has 5 nitrogen and oxygen atoms in total. The SMILES string of the molecule is Cc1noc(NC(C)c2nccs2)n1. The van der Waals surface area contributed by atoms with Gasteiger partial charge in [0, 0.05) is 11.6 Å². The first kappa shape index (κ1) is 9.14. The highest BCUT2D eigenvalue weighted by atomic mass is 32.1. The van der Waals surface area contributed by atoms with Crippen molar-refractivity contribution in [1.29, 1.82) is 0 Å². The molecule has 0 radical (unpaired) electrons. The summed E-state index contributed by atoms with van der Waals surface area (Å²) in [6, 6.07) is 0.528.